The van der Waals surface area contributed by atoms with Crippen molar-refractivity contribution in [2.45, 2.75) is 17.9 Å². The van der Waals surface area contributed by atoms with Crippen molar-refractivity contribution in [3.05, 3.63) is 40.5 Å². The fourth-order valence-corrected chi connectivity index (χ4v) is 3.75. The van der Waals surface area contributed by atoms with Crippen molar-refractivity contribution in [1.82, 2.24) is 15.2 Å². The van der Waals surface area contributed by atoms with E-state index >= 15 is 0 Å². The first-order chi connectivity index (χ1) is 9.33. The molecular weight excluding hydrogens is 325 g/mol. The molecule has 9 heteroatoms. The van der Waals surface area contributed by atoms with Gasteiger partial charge in [0.05, 0.1) is 16.1 Å². The molecule has 6 nitrogen and oxygen atoms in total. The lowest BCUT2D eigenvalue weighted by atomic mass is 10.3. The number of urea groups is 1. The van der Waals surface area contributed by atoms with Crippen LogP contribution in [0.4, 0.5) is 4.79 Å². The van der Waals surface area contributed by atoms with E-state index in [-0.39, 0.29) is 21.0 Å². The second-order valence-electron chi connectivity index (χ2n) is 4.06. The highest BCUT2D eigenvalue weighted by Gasteiger charge is 2.28. The molecule has 2 amide bonds. The lowest BCUT2D eigenvalue weighted by molar-refractivity contribution is 0.184. The van der Waals surface area contributed by atoms with Crippen LogP contribution in [-0.4, -0.2) is 25.5 Å². The van der Waals surface area contributed by atoms with Crippen LogP contribution in [0.15, 0.2) is 35.4 Å². The van der Waals surface area contributed by atoms with Gasteiger partial charge in [-0.05, 0) is 25.1 Å². The summed E-state index contributed by atoms with van der Waals surface area (Å²) in [6.07, 6.45) is 3.24. The monoisotopic (exact) mass is 335 g/mol. The molecule has 1 atom stereocenters. The minimum absolute atomic E-state index is 0.0571. The highest BCUT2D eigenvalue weighted by Crippen LogP contribution is 2.28. The number of hydrogen-bond acceptors (Lipinski definition) is 4. The zero-order valence-electron chi connectivity index (χ0n) is 10.3. The van der Waals surface area contributed by atoms with Crippen LogP contribution < -0.4 is 10.1 Å². The van der Waals surface area contributed by atoms with E-state index in [4.69, 9.17) is 23.2 Å². The second-order valence-corrected chi connectivity index (χ2v) is 6.49. The van der Waals surface area contributed by atoms with Crippen LogP contribution in [-0.2, 0) is 10.0 Å². The minimum Gasteiger partial charge on any atom is -0.302 e. The van der Waals surface area contributed by atoms with E-state index in [2.05, 4.69) is 5.43 Å². The minimum atomic E-state index is -4.15. The maximum absolute atomic E-state index is 12.2. The molecule has 1 aromatic carbocycles. The van der Waals surface area contributed by atoms with Crippen molar-refractivity contribution in [2.24, 2.45) is 0 Å². The number of rotatable bonds is 2. The Morgan fingerprint density at radius 3 is 2.45 bits per heavy atom. The number of sulfonamides is 1. The molecule has 0 saturated carbocycles. The number of nitrogens with one attached hydrogen (secondary N) is 2. The van der Waals surface area contributed by atoms with Crippen molar-refractivity contribution >= 4 is 39.3 Å². The zero-order chi connectivity index (χ0) is 14.9. The molecule has 1 unspecified atom stereocenters. The third-order valence-electron chi connectivity index (χ3n) is 2.62. The highest BCUT2D eigenvalue weighted by molar-refractivity contribution is 7.90. The number of carbonyl (C=O) groups is 1. The van der Waals surface area contributed by atoms with Crippen LogP contribution in [0, 0.1) is 0 Å². The van der Waals surface area contributed by atoms with Crippen LogP contribution in [0.5, 0.6) is 0 Å². The Bertz CT molecular complexity index is 655. The molecule has 20 heavy (non-hydrogen) atoms. The Labute approximate surface area is 126 Å². The Balaban J connectivity index is 2.26. The number of halogens is 2. The number of benzene rings is 1. The van der Waals surface area contributed by atoms with Crippen LogP contribution in [0.25, 0.3) is 0 Å². The predicted molar refractivity (Wildman–Crippen MR) is 75.8 cm³/mol. The van der Waals surface area contributed by atoms with Crippen molar-refractivity contribution in [1.29, 1.82) is 0 Å². The van der Waals surface area contributed by atoms with Gasteiger partial charge in [-0.25, -0.2) is 22.9 Å². The molecule has 1 aliphatic heterocycles. The molecule has 108 valence electrons. The first-order valence-electron chi connectivity index (χ1n) is 5.56. The molecule has 0 aliphatic carbocycles. The molecule has 0 spiro atoms. The number of nitrogens with zero attached hydrogens (tertiary/aromatic N) is 1. The average molecular weight is 336 g/mol. The van der Waals surface area contributed by atoms with Crippen molar-refractivity contribution in [3.63, 3.8) is 0 Å². The third kappa shape index (κ3) is 2.84. The third-order valence-corrected chi connectivity index (χ3v) is 4.90. The summed E-state index contributed by atoms with van der Waals surface area (Å²) in [6, 6.07) is 3.18. The molecule has 0 fully saturated rings. The van der Waals surface area contributed by atoms with Gasteiger partial charge in [0, 0.05) is 6.20 Å². The standard InChI is InChI=1S/C11H11Cl2N3O3S/c1-7-5-6-14-16(7)11(17)15-20(18,19)10-8(12)3-2-4-9(10)13/h2-7,14H,1H3,(H,15,17). The average Bonchev–Trinajstić information content (AvgIpc) is 2.74. The molecule has 0 saturated heterocycles. The van der Waals surface area contributed by atoms with E-state index in [0.29, 0.717) is 0 Å². The topological polar surface area (TPSA) is 78.5 Å². The van der Waals surface area contributed by atoms with E-state index in [9.17, 15) is 13.2 Å². The molecular formula is C11H11Cl2N3O3S. The summed E-state index contributed by atoms with van der Waals surface area (Å²) in [6.45, 7) is 1.73. The summed E-state index contributed by atoms with van der Waals surface area (Å²) in [7, 11) is -4.15. The quantitative estimate of drug-likeness (QED) is 0.867. The SMILES string of the molecule is CC1C=CNN1C(=O)NS(=O)(=O)c1c(Cl)cccc1Cl. The largest absolute Gasteiger partial charge is 0.350 e. The van der Waals surface area contributed by atoms with Gasteiger partial charge in [0.2, 0.25) is 0 Å². The maximum Gasteiger partial charge on any atom is 0.350 e. The smallest absolute Gasteiger partial charge is 0.302 e. The Hall–Kier alpha value is -1.44. The summed E-state index contributed by atoms with van der Waals surface area (Å²) in [5.74, 6) is 0. The Kier molecular flexibility index (Phi) is 4.12. The van der Waals surface area contributed by atoms with Crippen molar-refractivity contribution in [3.8, 4) is 0 Å². The molecule has 0 bridgehead atoms. The van der Waals surface area contributed by atoms with Crippen molar-refractivity contribution in [2.75, 3.05) is 0 Å². The van der Waals surface area contributed by atoms with Gasteiger partial charge in [-0.15, -0.1) is 0 Å². The van der Waals surface area contributed by atoms with Gasteiger partial charge in [-0.2, -0.15) is 0 Å². The molecule has 2 N–H and O–H groups in total. The Morgan fingerprint density at radius 2 is 1.95 bits per heavy atom. The Morgan fingerprint density at radius 1 is 1.35 bits per heavy atom. The van der Waals surface area contributed by atoms with E-state index in [1.807, 2.05) is 4.72 Å². The lowest BCUT2D eigenvalue weighted by Crippen LogP contribution is -2.49. The van der Waals surface area contributed by atoms with Gasteiger partial charge >= 0.3 is 6.03 Å². The van der Waals surface area contributed by atoms with Crippen LogP contribution >= 0.6 is 23.2 Å². The number of hydrazine groups is 1. The fraction of sp³-hybridized carbons (Fsp3) is 0.182. The summed E-state index contributed by atoms with van der Waals surface area (Å²) in [5, 5.41) is 1.01. The van der Waals surface area contributed by atoms with Gasteiger partial charge in [-0.3, -0.25) is 0 Å². The predicted octanol–water partition coefficient (Wildman–Crippen LogP) is 2.11. The molecule has 0 radical (unpaired) electrons. The first-order valence-corrected chi connectivity index (χ1v) is 7.79. The first kappa shape index (κ1) is 15.0. The summed E-state index contributed by atoms with van der Waals surface area (Å²) < 4.78 is 26.3. The second kappa shape index (κ2) is 5.51. The molecule has 1 aliphatic rings. The molecule has 1 aromatic rings. The number of amides is 2. The normalized spacial score (nSPS) is 17.9. The van der Waals surface area contributed by atoms with Gasteiger partial charge in [0.15, 0.2) is 0 Å². The molecule has 2 rings (SSSR count). The van der Waals surface area contributed by atoms with Crippen LogP contribution in [0.2, 0.25) is 10.0 Å². The van der Waals surface area contributed by atoms with Crippen LogP contribution in [0.1, 0.15) is 6.92 Å². The van der Waals surface area contributed by atoms with E-state index in [1.165, 1.54) is 18.2 Å². The lowest BCUT2D eigenvalue weighted by Gasteiger charge is -2.22. The van der Waals surface area contributed by atoms with Gasteiger partial charge < -0.3 is 5.43 Å². The van der Waals surface area contributed by atoms with E-state index in [1.54, 1.807) is 19.2 Å². The summed E-state index contributed by atoms with van der Waals surface area (Å²) in [5.41, 5.74) is 2.62. The summed E-state index contributed by atoms with van der Waals surface area (Å²) >= 11 is 11.7. The molecule has 0 aromatic heterocycles. The number of hydrogen-bond donors (Lipinski definition) is 2. The fourth-order valence-electron chi connectivity index (χ4n) is 1.66. The van der Waals surface area contributed by atoms with Gasteiger partial charge in [0.1, 0.15) is 4.90 Å². The van der Waals surface area contributed by atoms with Gasteiger partial charge in [0.25, 0.3) is 10.0 Å². The van der Waals surface area contributed by atoms with Crippen molar-refractivity contribution < 1.29 is 13.2 Å². The van der Waals surface area contributed by atoms with E-state index < -0.39 is 16.1 Å². The van der Waals surface area contributed by atoms with Crippen LogP contribution in [0.3, 0.4) is 0 Å². The number of carbonyl (C=O) groups excluding carboxylic acids is 1. The zero-order valence-corrected chi connectivity index (χ0v) is 12.6. The molecule has 1 heterocycles. The maximum atomic E-state index is 12.2. The van der Waals surface area contributed by atoms with Gasteiger partial charge in [-0.1, -0.05) is 29.3 Å². The van der Waals surface area contributed by atoms with E-state index in [0.717, 1.165) is 5.01 Å². The summed E-state index contributed by atoms with van der Waals surface area (Å²) in [4.78, 5) is 11.6. The highest BCUT2D eigenvalue weighted by atomic mass is 35.5.